The molecule has 138 valence electrons. The van der Waals surface area contributed by atoms with Gasteiger partial charge in [0, 0.05) is 17.2 Å². The Morgan fingerprint density at radius 1 is 1.07 bits per heavy atom. The number of carbonyl (C=O) groups excluding carboxylic acids is 1. The zero-order valence-corrected chi connectivity index (χ0v) is 14.9. The van der Waals surface area contributed by atoms with Gasteiger partial charge >= 0.3 is 5.97 Å². The third-order valence-corrected chi connectivity index (χ3v) is 3.66. The molecule has 1 heterocycles. The van der Waals surface area contributed by atoms with Gasteiger partial charge in [-0.25, -0.2) is 4.79 Å². The second-order valence-corrected chi connectivity index (χ2v) is 5.42. The lowest BCUT2D eigenvalue weighted by molar-refractivity contribution is -0.139. The van der Waals surface area contributed by atoms with Crippen molar-refractivity contribution in [2.45, 2.75) is 6.61 Å². The van der Waals surface area contributed by atoms with Gasteiger partial charge in [0.05, 0.1) is 14.2 Å². The van der Waals surface area contributed by atoms with Crippen molar-refractivity contribution in [3.8, 4) is 23.0 Å². The van der Waals surface area contributed by atoms with E-state index in [2.05, 4.69) is 10.2 Å². The van der Waals surface area contributed by atoms with E-state index < -0.39 is 5.97 Å². The number of rotatable bonds is 7. The van der Waals surface area contributed by atoms with E-state index >= 15 is 0 Å². The molecule has 0 radical (unpaired) electrons. The molecular weight excluding hydrogens is 348 g/mol. The van der Waals surface area contributed by atoms with Gasteiger partial charge in [0.1, 0.15) is 11.5 Å². The Hall–Kier alpha value is -3.61. The fourth-order valence-electron chi connectivity index (χ4n) is 2.32. The van der Waals surface area contributed by atoms with Gasteiger partial charge in [-0.3, -0.25) is 0 Å². The molecule has 3 rings (SSSR count). The Morgan fingerprint density at radius 3 is 2.63 bits per heavy atom. The highest BCUT2D eigenvalue weighted by Crippen LogP contribution is 2.25. The van der Waals surface area contributed by atoms with Crippen molar-refractivity contribution >= 4 is 12.0 Å². The number of carbonyl (C=O) groups is 1. The third kappa shape index (κ3) is 4.72. The van der Waals surface area contributed by atoms with Crippen molar-refractivity contribution in [1.82, 2.24) is 10.2 Å². The number of nitrogens with zero attached hydrogens (tertiary/aromatic N) is 2. The quantitative estimate of drug-likeness (QED) is 0.467. The molecule has 0 fully saturated rings. The van der Waals surface area contributed by atoms with Gasteiger partial charge < -0.3 is 18.6 Å². The first kappa shape index (κ1) is 18.2. The lowest BCUT2D eigenvalue weighted by Gasteiger charge is -2.07. The zero-order valence-electron chi connectivity index (χ0n) is 14.9. The number of methoxy groups -OCH3 is 2. The standard InChI is InChI=1S/C20H18N2O5/c1-24-16-9-10-17(25-2)15(12-16)8-11-19(23)26-13-18-21-22-20(27-18)14-6-4-3-5-7-14/h3-12H,13H2,1-2H3/b11-8+. The molecule has 3 aromatic rings. The number of hydrogen-bond donors (Lipinski definition) is 0. The van der Waals surface area contributed by atoms with Crippen molar-refractivity contribution in [2.75, 3.05) is 14.2 Å². The molecule has 0 atom stereocenters. The first-order valence-electron chi connectivity index (χ1n) is 8.14. The smallest absolute Gasteiger partial charge is 0.331 e. The van der Waals surface area contributed by atoms with Crippen molar-refractivity contribution < 1.29 is 23.4 Å². The van der Waals surface area contributed by atoms with Crippen LogP contribution < -0.4 is 9.47 Å². The fraction of sp³-hybridized carbons (Fsp3) is 0.150. The van der Waals surface area contributed by atoms with Crippen LogP contribution >= 0.6 is 0 Å². The summed E-state index contributed by atoms with van der Waals surface area (Å²) in [5.74, 6) is 1.32. The van der Waals surface area contributed by atoms with Crippen LogP contribution in [0.5, 0.6) is 11.5 Å². The molecule has 7 nitrogen and oxygen atoms in total. The van der Waals surface area contributed by atoms with Crippen LogP contribution in [-0.2, 0) is 16.1 Å². The highest BCUT2D eigenvalue weighted by Gasteiger charge is 2.10. The van der Waals surface area contributed by atoms with Crippen molar-refractivity contribution in [3.63, 3.8) is 0 Å². The molecule has 0 amide bonds. The van der Waals surface area contributed by atoms with E-state index in [1.54, 1.807) is 38.5 Å². The Balaban J connectivity index is 1.60. The van der Waals surface area contributed by atoms with E-state index in [0.717, 1.165) is 5.56 Å². The van der Waals surface area contributed by atoms with Crippen LogP contribution in [-0.4, -0.2) is 30.4 Å². The van der Waals surface area contributed by atoms with Gasteiger partial charge in [0.2, 0.25) is 5.89 Å². The molecule has 0 bridgehead atoms. The number of benzene rings is 2. The molecule has 0 saturated carbocycles. The summed E-state index contributed by atoms with van der Waals surface area (Å²) < 4.78 is 21.1. The first-order chi connectivity index (χ1) is 13.2. The van der Waals surface area contributed by atoms with Crippen LogP contribution in [0, 0.1) is 0 Å². The van der Waals surface area contributed by atoms with Crippen LogP contribution in [0.25, 0.3) is 17.5 Å². The van der Waals surface area contributed by atoms with Crippen LogP contribution in [0.2, 0.25) is 0 Å². The lowest BCUT2D eigenvalue weighted by Crippen LogP contribution is -2.01. The maximum Gasteiger partial charge on any atom is 0.331 e. The largest absolute Gasteiger partial charge is 0.497 e. The summed E-state index contributed by atoms with van der Waals surface area (Å²) in [6.07, 6.45) is 2.89. The SMILES string of the molecule is COc1ccc(OC)c(/C=C/C(=O)OCc2nnc(-c3ccccc3)o2)c1. The molecule has 0 N–H and O–H groups in total. The van der Waals surface area contributed by atoms with Gasteiger partial charge in [0.25, 0.3) is 5.89 Å². The Kier molecular flexibility index (Phi) is 5.84. The molecule has 7 heteroatoms. The Labute approximate surface area is 156 Å². The summed E-state index contributed by atoms with van der Waals surface area (Å²) in [6.45, 7) is -0.113. The van der Waals surface area contributed by atoms with Crippen LogP contribution in [0.3, 0.4) is 0 Å². The second kappa shape index (κ2) is 8.66. The Morgan fingerprint density at radius 2 is 1.89 bits per heavy atom. The summed E-state index contributed by atoms with van der Waals surface area (Å²) in [5.41, 5.74) is 1.49. The average Bonchev–Trinajstić information content (AvgIpc) is 3.20. The summed E-state index contributed by atoms with van der Waals surface area (Å²) in [5, 5.41) is 7.82. The minimum absolute atomic E-state index is 0.113. The number of ether oxygens (including phenoxy) is 3. The molecule has 0 saturated heterocycles. The van der Waals surface area contributed by atoms with Crippen LogP contribution in [0.4, 0.5) is 0 Å². The maximum absolute atomic E-state index is 11.9. The molecular formula is C20H18N2O5. The average molecular weight is 366 g/mol. The predicted molar refractivity (Wildman–Crippen MR) is 98.1 cm³/mol. The van der Waals surface area contributed by atoms with Gasteiger partial charge in [-0.2, -0.15) is 0 Å². The summed E-state index contributed by atoms with van der Waals surface area (Å²) in [4.78, 5) is 11.9. The summed E-state index contributed by atoms with van der Waals surface area (Å²) in [6, 6.07) is 14.6. The molecule has 0 aliphatic rings. The molecule has 0 unspecified atom stereocenters. The van der Waals surface area contributed by atoms with Crippen LogP contribution in [0.15, 0.2) is 59.0 Å². The van der Waals surface area contributed by atoms with Gasteiger partial charge in [0.15, 0.2) is 6.61 Å². The van der Waals surface area contributed by atoms with E-state index in [-0.39, 0.29) is 12.5 Å². The first-order valence-corrected chi connectivity index (χ1v) is 8.14. The highest BCUT2D eigenvalue weighted by molar-refractivity contribution is 5.87. The molecule has 1 aromatic heterocycles. The Bertz CT molecular complexity index is 935. The monoisotopic (exact) mass is 366 g/mol. The van der Waals surface area contributed by atoms with Gasteiger partial charge in [-0.15, -0.1) is 10.2 Å². The van der Waals surface area contributed by atoms with Crippen molar-refractivity contribution in [1.29, 1.82) is 0 Å². The minimum atomic E-state index is -0.542. The van der Waals surface area contributed by atoms with Gasteiger partial charge in [-0.05, 0) is 36.4 Å². The fourth-order valence-corrected chi connectivity index (χ4v) is 2.32. The topological polar surface area (TPSA) is 83.7 Å². The molecule has 0 spiro atoms. The molecule has 27 heavy (non-hydrogen) atoms. The van der Waals surface area contributed by atoms with Crippen molar-refractivity contribution in [2.24, 2.45) is 0 Å². The van der Waals surface area contributed by atoms with E-state index in [1.165, 1.54) is 6.08 Å². The summed E-state index contributed by atoms with van der Waals surface area (Å²) >= 11 is 0. The third-order valence-electron chi connectivity index (χ3n) is 3.66. The number of hydrogen-bond acceptors (Lipinski definition) is 7. The van der Waals surface area contributed by atoms with E-state index in [9.17, 15) is 4.79 Å². The lowest BCUT2D eigenvalue weighted by atomic mass is 10.1. The molecule has 0 aliphatic carbocycles. The van der Waals surface area contributed by atoms with Gasteiger partial charge in [-0.1, -0.05) is 18.2 Å². The molecule has 2 aromatic carbocycles. The van der Waals surface area contributed by atoms with E-state index in [1.807, 2.05) is 30.3 Å². The highest BCUT2D eigenvalue weighted by atomic mass is 16.5. The normalized spacial score (nSPS) is 10.7. The van der Waals surface area contributed by atoms with E-state index in [4.69, 9.17) is 18.6 Å². The number of esters is 1. The predicted octanol–water partition coefficient (Wildman–Crippen LogP) is 3.51. The maximum atomic E-state index is 11.9. The minimum Gasteiger partial charge on any atom is -0.497 e. The summed E-state index contributed by atoms with van der Waals surface area (Å²) in [7, 11) is 3.12. The van der Waals surface area contributed by atoms with E-state index in [0.29, 0.717) is 23.0 Å². The molecule has 0 aliphatic heterocycles. The second-order valence-electron chi connectivity index (χ2n) is 5.42. The van der Waals surface area contributed by atoms with Crippen molar-refractivity contribution in [3.05, 3.63) is 66.1 Å². The van der Waals surface area contributed by atoms with Crippen LogP contribution in [0.1, 0.15) is 11.5 Å². The zero-order chi connectivity index (χ0) is 19.1. The number of aromatic nitrogens is 2.